The Hall–Kier alpha value is -1.72. The lowest BCUT2D eigenvalue weighted by Gasteiger charge is -2.15. The topological polar surface area (TPSA) is 55.1 Å². The van der Waals surface area contributed by atoms with E-state index in [0.717, 1.165) is 10.0 Å². The van der Waals surface area contributed by atoms with Gasteiger partial charge in [0.1, 0.15) is 5.82 Å². The minimum absolute atomic E-state index is 0.0548. The average Bonchev–Trinajstić information content (AvgIpc) is 2.45. The van der Waals surface area contributed by atoms with Gasteiger partial charge in [0.2, 0.25) is 5.91 Å². The van der Waals surface area contributed by atoms with Crippen LogP contribution in [-0.2, 0) is 6.54 Å². The molecule has 110 valence electrons. The predicted molar refractivity (Wildman–Crippen MR) is 84.3 cm³/mol. The molecule has 1 atom stereocenters. The van der Waals surface area contributed by atoms with Crippen molar-refractivity contribution in [3.05, 3.63) is 69.4 Å². The van der Waals surface area contributed by atoms with Crippen LogP contribution < -0.4 is 11.1 Å². The van der Waals surface area contributed by atoms with Gasteiger partial charge in [0.25, 0.3) is 0 Å². The van der Waals surface area contributed by atoms with E-state index in [1.54, 1.807) is 0 Å². The van der Waals surface area contributed by atoms with Crippen molar-refractivity contribution in [1.29, 1.82) is 0 Å². The summed E-state index contributed by atoms with van der Waals surface area (Å²) in [5.74, 6) is -0.912. The minimum Gasteiger partial charge on any atom is -0.366 e. The minimum atomic E-state index is -0.559. The van der Waals surface area contributed by atoms with E-state index in [1.807, 2.05) is 31.2 Å². The summed E-state index contributed by atoms with van der Waals surface area (Å²) in [7, 11) is 0. The summed E-state index contributed by atoms with van der Waals surface area (Å²) in [6, 6.07) is 12.1. The fourth-order valence-electron chi connectivity index (χ4n) is 2.02. The summed E-state index contributed by atoms with van der Waals surface area (Å²) in [5.41, 5.74) is 7.04. The molecule has 3 nitrogen and oxygen atoms in total. The van der Waals surface area contributed by atoms with E-state index in [0.29, 0.717) is 17.7 Å². The van der Waals surface area contributed by atoms with Gasteiger partial charge in [-0.1, -0.05) is 28.1 Å². The first-order valence-corrected chi connectivity index (χ1v) is 7.33. The number of benzene rings is 2. The third-order valence-electron chi connectivity index (χ3n) is 3.28. The van der Waals surface area contributed by atoms with Gasteiger partial charge in [-0.25, -0.2) is 4.39 Å². The normalized spacial score (nSPS) is 12.1. The van der Waals surface area contributed by atoms with Crippen LogP contribution in [0, 0.1) is 5.82 Å². The van der Waals surface area contributed by atoms with Gasteiger partial charge in [-0.3, -0.25) is 4.79 Å². The van der Waals surface area contributed by atoms with Crippen molar-refractivity contribution in [2.75, 3.05) is 0 Å². The predicted octanol–water partition coefficient (Wildman–Crippen LogP) is 3.54. The smallest absolute Gasteiger partial charge is 0.248 e. The standard InChI is InChI=1S/C16H16BrFN2O/c1-10(11-3-2-4-14(17)8-11)20-9-13-7-12(16(19)21)5-6-15(13)18/h2-8,10,20H,9H2,1H3,(H2,19,21). The molecule has 0 aromatic heterocycles. The molecule has 0 radical (unpaired) electrons. The molecule has 5 heteroatoms. The molecule has 1 amide bonds. The number of amides is 1. The summed E-state index contributed by atoms with van der Waals surface area (Å²) < 4.78 is 14.7. The first-order valence-electron chi connectivity index (χ1n) is 6.54. The highest BCUT2D eigenvalue weighted by Crippen LogP contribution is 2.19. The number of rotatable bonds is 5. The van der Waals surface area contributed by atoms with E-state index < -0.39 is 5.91 Å². The largest absolute Gasteiger partial charge is 0.366 e. The SMILES string of the molecule is CC(NCc1cc(C(N)=O)ccc1F)c1cccc(Br)c1. The molecule has 0 heterocycles. The zero-order valence-electron chi connectivity index (χ0n) is 11.6. The average molecular weight is 351 g/mol. The first-order chi connectivity index (χ1) is 9.97. The van der Waals surface area contributed by atoms with Crippen LogP contribution in [0.15, 0.2) is 46.9 Å². The maximum atomic E-state index is 13.8. The van der Waals surface area contributed by atoms with E-state index in [4.69, 9.17) is 5.73 Å². The molecular weight excluding hydrogens is 335 g/mol. The molecule has 21 heavy (non-hydrogen) atoms. The van der Waals surface area contributed by atoms with Gasteiger partial charge >= 0.3 is 0 Å². The molecule has 2 aromatic carbocycles. The molecule has 0 bridgehead atoms. The Bertz CT molecular complexity index is 660. The van der Waals surface area contributed by atoms with E-state index in [1.165, 1.54) is 18.2 Å². The summed E-state index contributed by atoms with van der Waals surface area (Å²) >= 11 is 3.42. The van der Waals surface area contributed by atoms with Gasteiger partial charge in [-0.15, -0.1) is 0 Å². The summed E-state index contributed by atoms with van der Waals surface area (Å²) in [6.07, 6.45) is 0. The molecule has 2 rings (SSSR count). The monoisotopic (exact) mass is 350 g/mol. The lowest BCUT2D eigenvalue weighted by atomic mass is 10.1. The number of carbonyl (C=O) groups is 1. The zero-order chi connectivity index (χ0) is 15.4. The molecule has 0 saturated heterocycles. The molecule has 0 spiro atoms. The maximum Gasteiger partial charge on any atom is 0.248 e. The van der Waals surface area contributed by atoms with Crippen LogP contribution in [0.5, 0.6) is 0 Å². The lowest BCUT2D eigenvalue weighted by Crippen LogP contribution is -2.19. The Morgan fingerprint density at radius 3 is 2.76 bits per heavy atom. The van der Waals surface area contributed by atoms with Crippen LogP contribution in [0.1, 0.15) is 34.5 Å². The highest BCUT2D eigenvalue weighted by atomic mass is 79.9. The van der Waals surface area contributed by atoms with Crippen molar-refractivity contribution in [2.45, 2.75) is 19.5 Å². The van der Waals surface area contributed by atoms with Crippen LogP contribution in [0.3, 0.4) is 0 Å². The van der Waals surface area contributed by atoms with Crippen LogP contribution >= 0.6 is 15.9 Å². The molecule has 0 aliphatic rings. The highest BCUT2D eigenvalue weighted by Gasteiger charge is 2.10. The van der Waals surface area contributed by atoms with Gasteiger partial charge in [-0.05, 0) is 42.8 Å². The van der Waals surface area contributed by atoms with Crippen molar-refractivity contribution in [3.63, 3.8) is 0 Å². The van der Waals surface area contributed by atoms with Crippen LogP contribution in [-0.4, -0.2) is 5.91 Å². The van der Waals surface area contributed by atoms with E-state index in [2.05, 4.69) is 21.2 Å². The Morgan fingerprint density at radius 1 is 1.33 bits per heavy atom. The van der Waals surface area contributed by atoms with E-state index in [-0.39, 0.29) is 11.9 Å². The molecule has 0 aliphatic heterocycles. The summed E-state index contributed by atoms with van der Waals surface area (Å²) in [5, 5.41) is 3.24. The number of nitrogens with one attached hydrogen (secondary N) is 1. The van der Waals surface area contributed by atoms with Crippen molar-refractivity contribution in [1.82, 2.24) is 5.32 Å². The van der Waals surface area contributed by atoms with E-state index >= 15 is 0 Å². The number of primary amides is 1. The van der Waals surface area contributed by atoms with Crippen molar-refractivity contribution in [2.24, 2.45) is 5.73 Å². The third-order valence-corrected chi connectivity index (χ3v) is 3.77. The summed E-state index contributed by atoms with van der Waals surface area (Å²) in [4.78, 5) is 11.1. The Kier molecular flexibility index (Phi) is 5.09. The van der Waals surface area contributed by atoms with Crippen LogP contribution in [0.25, 0.3) is 0 Å². The maximum absolute atomic E-state index is 13.8. The fraction of sp³-hybridized carbons (Fsp3) is 0.188. The number of nitrogens with two attached hydrogens (primary N) is 1. The molecule has 0 aliphatic carbocycles. The van der Waals surface area contributed by atoms with Gasteiger partial charge in [0, 0.05) is 28.2 Å². The molecule has 2 aromatic rings. The Morgan fingerprint density at radius 2 is 2.10 bits per heavy atom. The second-order valence-corrected chi connectivity index (χ2v) is 5.74. The van der Waals surface area contributed by atoms with Crippen molar-refractivity contribution in [3.8, 4) is 0 Å². The fourth-order valence-corrected chi connectivity index (χ4v) is 2.44. The van der Waals surface area contributed by atoms with E-state index in [9.17, 15) is 9.18 Å². The van der Waals surface area contributed by atoms with Crippen LogP contribution in [0.4, 0.5) is 4.39 Å². The summed E-state index contributed by atoms with van der Waals surface area (Å²) in [6.45, 7) is 2.32. The number of carbonyl (C=O) groups excluding carboxylic acids is 1. The highest BCUT2D eigenvalue weighted by molar-refractivity contribution is 9.10. The number of halogens is 2. The molecule has 0 saturated carbocycles. The van der Waals surface area contributed by atoms with Gasteiger partial charge in [0.15, 0.2) is 0 Å². The van der Waals surface area contributed by atoms with Gasteiger partial charge < -0.3 is 11.1 Å². The Balaban J connectivity index is 2.09. The number of hydrogen-bond acceptors (Lipinski definition) is 2. The molecule has 3 N–H and O–H groups in total. The first kappa shape index (κ1) is 15.7. The van der Waals surface area contributed by atoms with Gasteiger partial charge in [-0.2, -0.15) is 0 Å². The second-order valence-electron chi connectivity index (χ2n) is 4.83. The molecule has 1 unspecified atom stereocenters. The molecular formula is C16H16BrFN2O. The molecule has 0 fully saturated rings. The lowest BCUT2D eigenvalue weighted by molar-refractivity contribution is 0.1000. The second kappa shape index (κ2) is 6.83. The van der Waals surface area contributed by atoms with Crippen molar-refractivity contribution >= 4 is 21.8 Å². The quantitative estimate of drug-likeness (QED) is 0.866. The zero-order valence-corrected chi connectivity index (χ0v) is 13.2. The number of hydrogen-bond donors (Lipinski definition) is 2. The van der Waals surface area contributed by atoms with Gasteiger partial charge in [0.05, 0.1) is 0 Å². The van der Waals surface area contributed by atoms with Crippen molar-refractivity contribution < 1.29 is 9.18 Å². The third kappa shape index (κ3) is 4.12. The van der Waals surface area contributed by atoms with Crippen LogP contribution in [0.2, 0.25) is 0 Å². The Labute approximate surface area is 131 Å².